The Hall–Kier alpha value is -1.67. The lowest BCUT2D eigenvalue weighted by molar-refractivity contribution is 0.544. The highest BCUT2D eigenvalue weighted by Gasteiger charge is 2.22. The Morgan fingerprint density at radius 1 is 1.53 bits per heavy atom. The third kappa shape index (κ3) is 3.42. The molecule has 19 heavy (non-hydrogen) atoms. The highest BCUT2D eigenvalue weighted by molar-refractivity contribution is 5.37. The molecule has 1 aliphatic heterocycles. The normalized spacial score (nSPS) is 18.6. The van der Waals surface area contributed by atoms with Crippen molar-refractivity contribution in [3.63, 3.8) is 0 Å². The van der Waals surface area contributed by atoms with E-state index in [9.17, 15) is 0 Å². The van der Waals surface area contributed by atoms with Crippen LogP contribution in [0.3, 0.4) is 0 Å². The van der Waals surface area contributed by atoms with Crippen molar-refractivity contribution in [3.8, 4) is 6.07 Å². The Morgan fingerprint density at radius 2 is 2.32 bits per heavy atom. The molecule has 1 N–H and O–H groups in total. The zero-order valence-corrected chi connectivity index (χ0v) is 11.8. The van der Waals surface area contributed by atoms with Crippen LogP contribution in [0.5, 0.6) is 0 Å². The first kappa shape index (κ1) is 13.8. The number of rotatable bonds is 4. The summed E-state index contributed by atoms with van der Waals surface area (Å²) in [5.74, 6) is 0.667. The van der Waals surface area contributed by atoms with E-state index in [0.29, 0.717) is 23.7 Å². The molecule has 0 bridgehead atoms. The molecule has 1 aliphatic rings. The zero-order chi connectivity index (χ0) is 13.8. The summed E-state index contributed by atoms with van der Waals surface area (Å²) in [6, 6.07) is 4.63. The van der Waals surface area contributed by atoms with Crippen molar-refractivity contribution in [2.45, 2.75) is 45.7 Å². The van der Waals surface area contributed by atoms with Gasteiger partial charge in [-0.05, 0) is 46.2 Å². The van der Waals surface area contributed by atoms with Crippen LogP contribution in [0, 0.1) is 18.3 Å². The standard InChI is InChI=1S/C14H21N5/c1-10(2)19(9-12-5-4-6-16-12)14-17-11(3)7-13(8-15)18-14/h7,10,12,16H,4-6,9H2,1-3H3. The molecule has 1 saturated heterocycles. The summed E-state index contributed by atoms with van der Waals surface area (Å²) in [5.41, 5.74) is 1.28. The molecule has 1 fully saturated rings. The van der Waals surface area contributed by atoms with Crippen LogP contribution in [0.4, 0.5) is 5.95 Å². The van der Waals surface area contributed by atoms with Crippen LogP contribution >= 0.6 is 0 Å². The molecule has 2 heterocycles. The number of aromatic nitrogens is 2. The minimum Gasteiger partial charge on any atom is -0.337 e. The summed E-state index contributed by atoms with van der Waals surface area (Å²) < 4.78 is 0. The minimum absolute atomic E-state index is 0.316. The van der Waals surface area contributed by atoms with Gasteiger partial charge in [0.25, 0.3) is 0 Å². The molecule has 1 atom stereocenters. The Balaban J connectivity index is 2.22. The van der Waals surface area contributed by atoms with E-state index in [0.717, 1.165) is 18.8 Å². The van der Waals surface area contributed by atoms with E-state index in [4.69, 9.17) is 5.26 Å². The topological polar surface area (TPSA) is 64.8 Å². The summed E-state index contributed by atoms with van der Waals surface area (Å²) in [6.07, 6.45) is 2.43. The zero-order valence-electron chi connectivity index (χ0n) is 11.8. The fourth-order valence-corrected chi connectivity index (χ4v) is 2.41. The van der Waals surface area contributed by atoms with Gasteiger partial charge in [-0.25, -0.2) is 9.97 Å². The first-order valence-electron chi connectivity index (χ1n) is 6.86. The van der Waals surface area contributed by atoms with Gasteiger partial charge >= 0.3 is 0 Å². The van der Waals surface area contributed by atoms with E-state index in [1.807, 2.05) is 6.92 Å². The van der Waals surface area contributed by atoms with Crippen molar-refractivity contribution in [2.75, 3.05) is 18.0 Å². The molecule has 0 saturated carbocycles. The van der Waals surface area contributed by atoms with Crippen molar-refractivity contribution >= 4 is 5.95 Å². The lowest BCUT2D eigenvalue weighted by Gasteiger charge is -2.29. The van der Waals surface area contributed by atoms with Gasteiger partial charge in [-0.2, -0.15) is 5.26 Å². The average molecular weight is 259 g/mol. The van der Waals surface area contributed by atoms with Gasteiger partial charge in [0.05, 0.1) is 0 Å². The molecule has 1 unspecified atom stereocenters. The number of nitrogens with zero attached hydrogens (tertiary/aromatic N) is 4. The molecule has 5 nitrogen and oxygen atoms in total. The van der Waals surface area contributed by atoms with E-state index in [-0.39, 0.29) is 0 Å². The van der Waals surface area contributed by atoms with Gasteiger partial charge in [0.15, 0.2) is 0 Å². The Labute approximate surface area is 114 Å². The van der Waals surface area contributed by atoms with E-state index in [2.05, 4.69) is 40.1 Å². The third-order valence-electron chi connectivity index (χ3n) is 3.42. The van der Waals surface area contributed by atoms with Crippen LogP contribution in [-0.4, -0.2) is 35.1 Å². The second kappa shape index (κ2) is 5.98. The molecule has 1 aromatic rings. The molecule has 0 radical (unpaired) electrons. The van der Waals surface area contributed by atoms with Gasteiger partial charge in [0.1, 0.15) is 11.8 Å². The van der Waals surface area contributed by atoms with Crippen molar-refractivity contribution in [3.05, 3.63) is 17.5 Å². The lowest BCUT2D eigenvalue weighted by atomic mass is 10.2. The van der Waals surface area contributed by atoms with E-state index < -0.39 is 0 Å². The van der Waals surface area contributed by atoms with Crippen LogP contribution in [0.15, 0.2) is 6.07 Å². The fourth-order valence-electron chi connectivity index (χ4n) is 2.41. The first-order chi connectivity index (χ1) is 9.10. The number of anilines is 1. The Kier molecular flexibility index (Phi) is 4.33. The average Bonchev–Trinajstić information content (AvgIpc) is 2.87. The summed E-state index contributed by atoms with van der Waals surface area (Å²) in [7, 11) is 0. The van der Waals surface area contributed by atoms with Crippen molar-refractivity contribution in [2.24, 2.45) is 0 Å². The molecule has 102 valence electrons. The second-order valence-corrected chi connectivity index (χ2v) is 5.35. The van der Waals surface area contributed by atoms with Crippen molar-refractivity contribution in [1.82, 2.24) is 15.3 Å². The number of nitrogens with one attached hydrogen (secondary N) is 1. The Bertz CT molecular complexity index is 471. The molecule has 0 spiro atoms. The number of aryl methyl sites for hydroxylation is 1. The van der Waals surface area contributed by atoms with E-state index >= 15 is 0 Å². The lowest BCUT2D eigenvalue weighted by Crippen LogP contribution is -2.42. The van der Waals surface area contributed by atoms with Gasteiger partial charge in [-0.15, -0.1) is 0 Å². The summed E-state index contributed by atoms with van der Waals surface area (Å²) in [4.78, 5) is 11.0. The maximum atomic E-state index is 9.02. The predicted molar refractivity (Wildman–Crippen MR) is 75.0 cm³/mol. The van der Waals surface area contributed by atoms with E-state index in [1.54, 1.807) is 6.07 Å². The van der Waals surface area contributed by atoms with Gasteiger partial charge in [-0.1, -0.05) is 0 Å². The van der Waals surface area contributed by atoms with Gasteiger partial charge in [0, 0.05) is 24.3 Å². The molecule has 0 aromatic carbocycles. The molecule has 5 heteroatoms. The monoisotopic (exact) mass is 259 g/mol. The maximum absolute atomic E-state index is 9.02. The molecular formula is C14H21N5. The second-order valence-electron chi connectivity index (χ2n) is 5.35. The SMILES string of the molecule is Cc1cc(C#N)nc(N(CC2CCCN2)C(C)C)n1. The van der Waals surface area contributed by atoms with E-state index in [1.165, 1.54) is 12.8 Å². The molecule has 0 amide bonds. The molecule has 0 aliphatic carbocycles. The summed E-state index contributed by atoms with van der Waals surface area (Å²) in [5, 5.41) is 12.5. The van der Waals surface area contributed by atoms with Crippen LogP contribution in [-0.2, 0) is 0 Å². The fraction of sp³-hybridized carbons (Fsp3) is 0.643. The first-order valence-corrected chi connectivity index (χ1v) is 6.86. The van der Waals surface area contributed by atoms with Crippen molar-refractivity contribution in [1.29, 1.82) is 5.26 Å². The highest BCUT2D eigenvalue weighted by atomic mass is 15.3. The number of nitriles is 1. The van der Waals surface area contributed by atoms with Gasteiger partial charge < -0.3 is 10.2 Å². The van der Waals surface area contributed by atoms with Crippen LogP contribution in [0.2, 0.25) is 0 Å². The molecule has 2 rings (SSSR count). The van der Waals surface area contributed by atoms with Crippen LogP contribution < -0.4 is 10.2 Å². The van der Waals surface area contributed by atoms with Crippen LogP contribution in [0.1, 0.15) is 38.1 Å². The summed E-state index contributed by atoms with van der Waals surface area (Å²) in [6.45, 7) is 8.15. The molecular weight excluding hydrogens is 238 g/mol. The van der Waals surface area contributed by atoms with Gasteiger partial charge in [-0.3, -0.25) is 0 Å². The number of hydrogen-bond donors (Lipinski definition) is 1. The highest BCUT2D eigenvalue weighted by Crippen LogP contribution is 2.16. The number of hydrogen-bond acceptors (Lipinski definition) is 5. The Morgan fingerprint density at radius 3 is 2.89 bits per heavy atom. The largest absolute Gasteiger partial charge is 0.337 e. The molecule has 1 aromatic heterocycles. The van der Waals surface area contributed by atoms with Gasteiger partial charge in [0.2, 0.25) is 5.95 Å². The van der Waals surface area contributed by atoms with Crippen LogP contribution in [0.25, 0.3) is 0 Å². The third-order valence-corrected chi connectivity index (χ3v) is 3.42. The minimum atomic E-state index is 0.316. The maximum Gasteiger partial charge on any atom is 0.227 e. The predicted octanol–water partition coefficient (Wildman–Crippen LogP) is 1.62. The smallest absolute Gasteiger partial charge is 0.227 e. The quantitative estimate of drug-likeness (QED) is 0.890. The summed E-state index contributed by atoms with van der Waals surface area (Å²) >= 11 is 0. The van der Waals surface area contributed by atoms with Crippen molar-refractivity contribution < 1.29 is 0 Å².